The van der Waals surface area contributed by atoms with E-state index in [4.69, 9.17) is 33.3 Å². The third-order valence-electron chi connectivity index (χ3n) is 5.41. The average molecular weight is 506 g/mol. The van der Waals surface area contributed by atoms with Crippen LogP contribution in [0.4, 0.5) is 0 Å². The third-order valence-corrected chi connectivity index (χ3v) is 7.02. The van der Waals surface area contributed by atoms with Gasteiger partial charge in [-0.2, -0.15) is 0 Å². The van der Waals surface area contributed by atoms with E-state index in [-0.39, 0.29) is 12.3 Å². The highest BCUT2D eigenvalue weighted by Gasteiger charge is 2.31. The molecule has 1 saturated heterocycles. The van der Waals surface area contributed by atoms with Crippen molar-refractivity contribution in [2.75, 3.05) is 6.54 Å². The second-order valence-electron chi connectivity index (χ2n) is 8.02. The molecule has 0 bridgehead atoms. The summed E-state index contributed by atoms with van der Waals surface area (Å²) < 4.78 is 6.48. The van der Waals surface area contributed by atoms with Crippen LogP contribution in [0.3, 0.4) is 0 Å². The molecule has 3 rings (SSSR count). The van der Waals surface area contributed by atoms with Gasteiger partial charge in [-0.25, -0.2) is 0 Å². The van der Waals surface area contributed by atoms with Gasteiger partial charge in [0.1, 0.15) is 15.8 Å². The zero-order valence-electron chi connectivity index (χ0n) is 18.4. The van der Waals surface area contributed by atoms with Crippen molar-refractivity contribution in [3.05, 3.63) is 52.1 Å². The van der Waals surface area contributed by atoms with Crippen molar-refractivity contribution < 1.29 is 19.1 Å². The van der Waals surface area contributed by atoms with Gasteiger partial charge in [0.05, 0.1) is 4.91 Å². The van der Waals surface area contributed by atoms with E-state index in [0.29, 0.717) is 32.3 Å². The van der Waals surface area contributed by atoms with Crippen LogP contribution in [0.15, 0.2) is 45.7 Å². The number of carbonyl (C=O) groups excluding carboxylic acids is 1. The summed E-state index contributed by atoms with van der Waals surface area (Å²) in [6.07, 6.45) is 10.2. The molecule has 1 aromatic carbocycles. The number of aliphatic carboxylic acids is 1. The van der Waals surface area contributed by atoms with E-state index in [0.717, 1.165) is 56.9 Å². The quantitative estimate of drug-likeness (QED) is 0.174. The molecule has 1 fully saturated rings. The Hall–Kier alpha value is -2.09. The number of nitrogens with zero attached hydrogens (tertiary/aromatic N) is 1. The van der Waals surface area contributed by atoms with Crippen LogP contribution in [0.1, 0.15) is 63.5 Å². The summed E-state index contributed by atoms with van der Waals surface area (Å²) in [7, 11) is 0. The molecule has 176 valence electrons. The number of carbonyl (C=O) groups is 2. The number of hydrogen-bond donors (Lipinski definition) is 1. The minimum atomic E-state index is -0.716. The Balaban J connectivity index is 1.41. The Labute approximate surface area is 209 Å². The predicted octanol–water partition coefficient (Wildman–Crippen LogP) is 7.40. The predicted molar refractivity (Wildman–Crippen MR) is 138 cm³/mol. The summed E-state index contributed by atoms with van der Waals surface area (Å²) in [5.74, 6) is 0.520. The van der Waals surface area contributed by atoms with E-state index in [1.165, 1.54) is 11.8 Å². The van der Waals surface area contributed by atoms with Gasteiger partial charge in [0.25, 0.3) is 5.91 Å². The van der Waals surface area contributed by atoms with Crippen LogP contribution in [0.2, 0.25) is 5.02 Å². The van der Waals surface area contributed by atoms with Gasteiger partial charge in [-0.15, -0.1) is 0 Å². The molecule has 1 amide bonds. The molecule has 2 aromatic rings. The molecule has 0 aliphatic carbocycles. The molecule has 1 N–H and O–H groups in total. The van der Waals surface area contributed by atoms with Crippen LogP contribution >= 0.6 is 35.6 Å². The first-order chi connectivity index (χ1) is 15.9. The number of furan rings is 1. The molecule has 1 aromatic heterocycles. The highest BCUT2D eigenvalue weighted by atomic mass is 35.5. The highest BCUT2D eigenvalue weighted by molar-refractivity contribution is 8.26. The molecular formula is C25H28ClNO4S2. The van der Waals surface area contributed by atoms with E-state index in [9.17, 15) is 9.59 Å². The number of rotatable bonds is 13. The number of amides is 1. The van der Waals surface area contributed by atoms with Gasteiger partial charge in [-0.3, -0.25) is 14.5 Å². The van der Waals surface area contributed by atoms with E-state index in [1.54, 1.807) is 11.0 Å². The monoisotopic (exact) mass is 505 g/mol. The van der Waals surface area contributed by atoms with Crippen molar-refractivity contribution in [1.82, 2.24) is 4.90 Å². The first kappa shape index (κ1) is 25.5. The third kappa shape index (κ3) is 8.02. The number of thiocarbonyl (C=S) groups is 1. The van der Waals surface area contributed by atoms with Gasteiger partial charge < -0.3 is 9.52 Å². The summed E-state index contributed by atoms with van der Waals surface area (Å²) in [6, 6.07) is 11.1. The molecule has 0 saturated carbocycles. The number of carboxylic acid groups (broad SMARTS) is 1. The maximum absolute atomic E-state index is 12.8. The summed E-state index contributed by atoms with van der Waals surface area (Å²) >= 11 is 12.8. The standard InChI is InChI=1S/C25H28ClNO4S2/c26-19-11-9-10-18(16-19)21-14-13-20(31-21)17-22-24(30)27(25(32)33-22)15-8-6-4-2-1-3-5-7-12-23(28)29/h9-11,13-14,16-17H,1-8,12,15H2,(H,28,29)/b22-17+. The molecule has 33 heavy (non-hydrogen) atoms. The summed E-state index contributed by atoms with van der Waals surface area (Å²) in [4.78, 5) is 25.5. The topological polar surface area (TPSA) is 70.8 Å². The van der Waals surface area contributed by atoms with Crippen LogP contribution in [-0.2, 0) is 9.59 Å². The molecule has 0 spiro atoms. The van der Waals surface area contributed by atoms with E-state index < -0.39 is 5.97 Å². The van der Waals surface area contributed by atoms with Crippen molar-refractivity contribution in [2.45, 2.75) is 57.8 Å². The molecule has 0 atom stereocenters. The average Bonchev–Trinajstić information content (AvgIpc) is 3.34. The number of unbranched alkanes of at least 4 members (excludes halogenated alkanes) is 7. The first-order valence-electron chi connectivity index (χ1n) is 11.3. The van der Waals surface area contributed by atoms with Gasteiger partial charge in [0, 0.05) is 29.6 Å². The Morgan fingerprint density at radius 2 is 1.76 bits per heavy atom. The molecule has 0 radical (unpaired) electrons. The second-order valence-corrected chi connectivity index (χ2v) is 10.1. The lowest BCUT2D eigenvalue weighted by Crippen LogP contribution is -2.28. The fourth-order valence-corrected chi connectivity index (χ4v) is 5.14. The zero-order valence-corrected chi connectivity index (χ0v) is 20.8. The number of hydrogen-bond acceptors (Lipinski definition) is 5. The molecular weight excluding hydrogens is 478 g/mol. The Morgan fingerprint density at radius 1 is 1.06 bits per heavy atom. The minimum Gasteiger partial charge on any atom is -0.481 e. The Morgan fingerprint density at radius 3 is 2.45 bits per heavy atom. The SMILES string of the molecule is O=C(O)CCCCCCCCCCN1C(=O)/C(=C\c2ccc(-c3cccc(Cl)c3)o2)SC1=S. The normalized spacial score (nSPS) is 15.1. The van der Waals surface area contributed by atoms with Crippen LogP contribution in [0.5, 0.6) is 0 Å². The van der Waals surface area contributed by atoms with Gasteiger partial charge in [0.15, 0.2) is 0 Å². The summed E-state index contributed by atoms with van der Waals surface area (Å²) in [6.45, 7) is 0.631. The largest absolute Gasteiger partial charge is 0.481 e. The van der Waals surface area contributed by atoms with Gasteiger partial charge >= 0.3 is 5.97 Å². The van der Waals surface area contributed by atoms with Gasteiger partial charge in [-0.05, 0) is 37.1 Å². The van der Waals surface area contributed by atoms with Crippen molar-refractivity contribution >= 4 is 57.9 Å². The zero-order chi connectivity index (χ0) is 23.6. The smallest absolute Gasteiger partial charge is 0.303 e. The van der Waals surface area contributed by atoms with Crippen molar-refractivity contribution in [1.29, 1.82) is 0 Å². The van der Waals surface area contributed by atoms with E-state index in [1.807, 2.05) is 36.4 Å². The van der Waals surface area contributed by atoms with Crippen LogP contribution in [0.25, 0.3) is 17.4 Å². The molecule has 2 heterocycles. The molecule has 1 aliphatic rings. The van der Waals surface area contributed by atoms with Crippen LogP contribution < -0.4 is 0 Å². The summed E-state index contributed by atoms with van der Waals surface area (Å²) in [5, 5.41) is 9.27. The van der Waals surface area contributed by atoms with E-state index >= 15 is 0 Å². The number of halogens is 1. The van der Waals surface area contributed by atoms with Crippen molar-refractivity contribution in [2.24, 2.45) is 0 Å². The van der Waals surface area contributed by atoms with E-state index in [2.05, 4.69) is 0 Å². The maximum Gasteiger partial charge on any atom is 0.303 e. The van der Waals surface area contributed by atoms with Crippen LogP contribution in [0, 0.1) is 0 Å². The number of benzene rings is 1. The number of carboxylic acids is 1. The lowest BCUT2D eigenvalue weighted by Gasteiger charge is -2.14. The lowest BCUT2D eigenvalue weighted by atomic mass is 10.1. The fraction of sp³-hybridized carbons (Fsp3) is 0.400. The van der Waals surface area contributed by atoms with Gasteiger partial charge in [-0.1, -0.05) is 86.2 Å². The fourth-order valence-electron chi connectivity index (χ4n) is 3.66. The summed E-state index contributed by atoms with van der Waals surface area (Å²) in [5.41, 5.74) is 0.884. The highest BCUT2D eigenvalue weighted by Crippen LogP contribution is 2.34. The molecule has 0 unspecified atom stereocenters. The van der Waals surface area contributed by atoms with Crippen LogP contribution in [-0.4, -0.2) is 32.7 Å². The second kappa shape index (κ2) is 13.0. The van der Waals surface area contributed by atoms with Crippen molar-refractivity contribution in [3.63, 3.8) is 0 Å². The molecule has 5 nitrogen and oxygen atoms in total. The Kier molecular flexibility index (Phi) is 10.0. The molecule has 8 heteroatoms. The number of thioether (sulfide) groups is 1. The maximum atomic E-state index is 12.8. The van der Waals surface area contributed by atoms with Gasteiger partial charge in [0.2, 0.25) is 0 Å². The lowest BCUT2D eigenvalue weighted by molar-refractivity contribution is -0.137. The van der Waals surface area contributed by atoms with Crippen molar-refractivity contribution in [3.8, 4) is 11.3 Å². The minimum absolute atomic E-state index is 0.0656. The first-order valence-corrected chi connectivity index (χ1v) is 12.9. The molecule has 1 aliphatic heterocycles. The Bertz CT molecular complexity index is 1020.